The number of halogens is 1. The van der Waals surface area contributed by atoms with Gasteiger partial charge < -0.3 is 5.32 Å². The number of nitro benzene ring substituents is 1. The number of aromatic nitrogens is 3. The molecule has 11 heteroatoms. The average molecular weight is 453 g/mol. The molecule has 154 valence electrons. The van der Waals surface area contributed by atoms with Gasteiger partial charge in [-0.2, -0.15) is 9.78 Å². The first-order valence-corrected chi connectivity index (χ1v) is 10.6. The van der Waals surface area contributed by atoms with Crippen LogP contribution >= 0.6 is 22.7 Å². The van der Waals surface area contributed by atoms with Gasteiger partial charge in [-0.15, -0.1) is 11.3 Å². The van der Waals surface area contributed by atoms with Crippen molar-refractivity contribution in [3.05, 3.63) is 75.0 Å². The van der Waals surface area contributed by atoms with Crippen LogP contribution in [-0.2, 0) is 0 Å². The molecule has 0 saturated carbocycles. The summed E-state index contributed by atoms with van der Waals surface area (Å²) in [5.41, 5.74) is 1.28. The molecule has 0 aliphatic heterocycles. The maximum absolute atomic E-state index is 13.5. The van der Waals surface area contributed by atoms with E-state index >= 15 is 0 Å². The normalized spacial score (nSPS) is 11.3. The van der Waals surface area contributed by atoms with Crippen molar-refractivity contribution < 1.29 is 14.1 Å². The number of aryl methyl sites for hydroxylation is 1. The molecule has 0 saturated heterocycles. The lowest BCUT2D eigenvalue weighted by Gasteiger charge is -2.05. The molecule has 5 rings (SSSR count). The molecule has 0 unspecified atom stereocenters. The predicted molar refractivity (Wildman–Crippen MR) is 118 cm³/mol. The first-order chi connectivity index (χ1) is 14.9. The second-order valence-electron chi connectivity index (χ2n) is 6.74. The number of hydrogen-bond acceptors (Lipinski definition) is 7. The molecule has 1 N–H and O–H groups in total. The largest absolute Gasteiger partial charge is 0.306 e. The van der Waals surface area contributed by atoms with Crippen molar-refractivity contribution in [2.75, 3.05) is 5.32 Å². The van der Waals surface area contributed by atoms with E-state index in [2.05, 4.69) is 15.4 Å². The monoisotopic (exact) mass is 453 g/mol. The molecule has 2 aromatic carbocycles. The van der Waals surface area contributed by atoms with Gasteiger partial charge in [-0.05, 0) is 37.3 Å². The van der Waals surface area contributed by atoms with Crippen molar-refractivity contribution in [3.8, 4) is 5.13 Å². The lowest BCUT2D eigenvalue weighted by atomic mass is 10.2. The third-order valence-electron chi connectivity index (χ3n) is 4.53. The SMILES string of the molecule is Cc1cc(NC(=O)c2cc3cc([N+](=O)[O-])ccc3s2)n(-c2nc3ccc(F)cc3s2)n1. The minimum absolute atomic E-state index is 0.0294. The molecule has 0 fully saturated rings. The fourth-order valence-electron chi connectivity index (χ4n) is 3.15. The highest BCUT2D eigenvalue weighted by atomic mass is 32.1. The first kappa shape index (κ1) is 19.3. The topological polar surface area (TPSA) is 103 Å². The number of fused-ring (bicyclic) bond motifs is 2. The number of hydrogen-bond donors (Lipinski definition) is 1. The van der Waals surface area contributed by atoms with E-state index in [1.165, 1.54) is 51.6 Å². The zero-order valence-electron chi connectivity index (χ0n) is 15.8. The van der Waals surface area contributed by atoms with E-state index in [0.29, 0.717) is 37.1 Å². The van der Waals surface area contributed by atoms with E-state index in [4.69, 9.17) is 0 Å². The highest BCUT2D eigenvalue weighted by Gasteiger charge is 2.18. The second kappa shape index (κ2) is 7.22. The number of thiophene rings is 1. The molecular formula is C20H12FN5O3S2. The smallest absolute Gasteiger partial charge is 0.270 e. The summed E-state index contributed by atoms with van der Waals surface area (Å²) in [4.78, 5) is 28.3. The van der Waals surface area contributed by atoms with Crippen LogP contribution in [0.1, 0.15) is 15.4 Å². The molecule has 1 amide bonds. The average Bonchev–Trinajstić information content (AvgIpc) is 3.42. The number of rotatable bonds is 4. The van der Waals surface area contributed by atoms with Crippen LogP contribution in [0.25, 0.3) is 25.4 Å². The summed E-state index contributed by atoms with van der Waals surface area (Å²) in [6.45, 7) is 1.79. The fourth-order valence-corrected chi connectivity index (χ4v) is 5.04. The summed E-state index contributed by atoms with van der Waals surface area (Å²) < 4.78 is 16.5. The number of nitrogens with zero attached hydrogens (tertiary/aromatic N) is 4. The van der Waals surface area contributed by atoms with E-state index in [1.807, 2.05) is 0 Å². The van der Waals surface area contributed by atoms with E-state index < -0.39 is 4.92 Å². The number of nitro groups is 1. The number of benzene rings is 2. The summed E-state index contributed by atoms with van der Waals surface area (Å²) >= 11 is 2.50. The predicted octanol–water partition coefficient (Wildman–Crippen LogP) is 5.30. The van der Waals surface area contributed by atoms with Crippen molar-refractivity contribution in [1.29, 1.82) is 0 Å². The summed E-state index contributed by atoms with van der Waals surface area (Å²) in [5.74, 6) is -0.291. The Morgan fingerprint density at radius 3 is 2.77 bits per heavy atom. The number of nitrogens with one attached hydrogen (secondary N) is 1. The molecule has 31 heavy (non-hydrogen) atoms. The van der Waals surface area contributed by atoms with Crippen LogP contribution in [0.5, 0.6) is 0 Å². The summed E-state index contributed by atoms with van der Waals surface area (Å²) in [6, 6.07) is 12.2. The van der Waals surface area contributed by atoms with Gasteiger partial charge in [0, 0.05) is 28.3 Å². The Morgan fingerprint density at radius 1 is 1.13 bits per heavy atom. The Bertz CT molecular complexity index is 1500. The lowest BCUT2D eigenvalue weighted by molar-refractivity contribution is -0.384. The summed E-state index contributed by atoms with van der Waals surface area (Å²) in [5, 5.41) is 19.3. The highest BCUT2D eigenvalue weighted by Crippen LogP contribution is 2.31. The van der Waals surface area contributed by atoms with Gasteiger partial charge in [-0.25, -0.2) is 9.37 Å². The Labute approximate surface area is 181 Å². The van der Waals surface area contributed by atoms with Crippen molar-refractivity contribution in [2.45, 2.75) is 6.92 Å². The number of carbonyl (C=O) groups excluding carboxylic acids is 1. The Hall–Kier alpha value is -3.70. The molecule has 0 atom stereocenters. The second-order valence-corrected chi connectivity index (χ2v) is 8.83. The minimum atomic E-state index is -0.470. The first-order valence-electron chi connectivity index (χ1n) is 9.00. The lowest BCUT2D eigenvalue weighted by Crippen LogP contribution is -2.13. The van der Waals surface area contributed by atoms with Crippen LogP contribution in [0.4, 0.5) is 15.9 Å². The van der Waals surface area contributed by atoms with Crippen LogP contribution < -0.4 is 5.32 Å². The minimum Gasteiger partial charge on any atom is -0.306 e. The molecule has 8 nitrogen and oxygen atoms in total. The van der Waals surface area contributed by atoms with Gasteiger partial charge in [0.2, 0.25) is 5.13 Å². The maximum atomic E-state index is 13.5. The standard InChI is InChI=1S/C20H12FN5O3S2/c1-10-6-18(25(24-10)20-22-14-4-2-12(21)9-16(14)31-20)23-19(27)17-8-11-7-13(26(28)29)3-5-15(11)30-17/h2-9H,1H3,(H,23,27). The highest BCUT2D eigenvalue weighted by molar-refractivity contribution is 7.21. The zero-order chi connectivity index (χ0) is 21.7. The van der Waals surface area contributed by atoms with Gasteiger partial charge in [0.05, 0.1) is 25.7 Å². The van der Waals surface area contributed by atoms with Gasteiger partial charge in [-0.1, -0.05) is 11.3 Å². The molecule has 0 spiro atoms. The van der Waals surface area contributed by atoms with Gasteiger partial charge in [0.15, 0.2) is 0 Å². The Kier molecular flexibility index (Phi) is 4.49. The number of amides is 1. The van der Waals surface area contributed by atoms with Crippen LogP contribution in [0.3, 0.4) is 0 Å². The number of anilines is 1. The molecule has 5 aromatic rings. The van der Waals surface area contributed by atoms with E-state index in [-0.39, 0.29) is 17.4 Å². The number of non-ortho nitro benzene ring substituents is 1. The number of carbonyl (C=O) groups is 1. The Balaban J connectivity index is 1.48. The maximum Gasteiger partial charge on any atom is 0.270 e. The molecule has 3 heterocycles. The Morgan fingerprint density at radius 2 is 1.97 bits per heavy atom. The molecule has 0 radical (unpaired) electrons. The molecular weight excluding hydrogens is 441 g/mol. The summed E-state index contributed by atoms with van der Waals surface area (Å²) in [7, 11) is 0. The van der Waals surface area contributed by atoms with Crippen LogP contribution in [0.2, 0.25) is 0 Å². The fraction of sp³-hybridized carbons (Fsp3) is 0.0500. The van der Waals surface area contributed by atoms with Gasteiger partial charge in [-0.3, -0.25) is 14.9 Å². The molecule has 0 bridgehead atoms. The number of thiazole rings is 1. The van der Waals surface area contributed by atoms with Crippen molar-refractivity contribution in [1.82, 2.24) is 14.8 Å². The third-order valence-corrected chi connectivity index (χ3v) is 6.64. The van der Waals surface area contributed by atoms with E-state index in [1.54, 1.807) is 31.2 Å². The van der Waals surface area contributed by atoms with Crippen LogP contribution in [0.15, 0.2) is 48.5 Å². The third kappa shape index (κ3) is 3.53. The van der Waals surface area contributed by atoms with Gasteiger partial charge in [0.1, 0.15) is 11.6 Å². The quantitative estimate of drug-likeness (QED) is 0.294. The summed E-state index contributed by atoms with van der Waals surface area (Å²) in [6.07, 6.45) is 0. The van der Waals surface area contributed by atoms with Crippen molar-refractivity contribution in [2.24, 2.45) is 0 Å². The van der Waals surface area contributed by atoms with Crippen LogP contribution in [-0.4, -0.2) is 25.6 Å². The van der Waals surface area contributed by atoms with Crippen LogP contribution in [0, 0.1) is 22.9 Å². The van der Waals surface area contributed by atoms with Gasteiger partial charge in [0.25, 0.3) is 11.6 Å². The molecule has 0 aliphatic carbocycles. The van der Waals surface area contributed by atoms with E-state index in [0.717, 1.165) is 4.70 Å². The molecule has 3 aromatic heterocycles. The van der Waals surface area contributed by atoms with Crippen molar-refractivity contribution >= 4 is 60.4 Å². The van der Waals surface area contributed by atoms with Gasteiger partial charge >= 0.3 is 0 Å². The zero-order valence-corrected chi connectivity index (χ0v) is 17.5. The van der Waals surface area contributed by atoms with Crippen molar-refractivity contribution in [3.63, 3.8) is 0 Å². The van der Waals surface area contributed by atoms with E-state index in [9.17, 15) is 19.3 Å². The molecule has 0 aliphatic rings.